The van der Waals surface area contributed by atoms with E-state index >= 15 is 0 Å². The van der Waals surface area contributed by atoms with Gasteiger partial charge in [-0.15, -0.1) is 0 Å². The van der Waals surface area contributed by atoms with Crippen LogP contribution in [0.5, 0.6) is 0 Å². The zero-order valence-corrected chi connectivity index (χ0v) is 9.15. The predicted octanol–water partition coefficient (Wildman–Crippen LogP) is 1.72. The molecule has 2 N–H and O–H groups in total. The predicted molar refractivity (Wildman–Crippen MR) is 59.4 cm³/mol. The van der Waals surface area contributed by atoms with Crippen LogP contribution in [0, 0.1) is 5.92 Å². The van der Waals surface area contributed by atoms with Crippen molar-refractivity contribution in [3.05, 3.63) is 18.0 Å². The van der Waals surface area contributed by atoms with Crippen LogP contribution < -0.4 is 5.73 Å². The summed E-state index contributed by atoms with van der Waals surface area (Å²) in [5.41, 5.74) is 7.65. The first-order valence-corrected chi connectivity index (χ1v) is 6.05. The van der Waals surface area contributed by atoms with Crippen LogP contribution in [0.3, 0.4) is 0 Å². The van der Waals surface area contributed by atoms with Crippen molar-refractivity contribution in [3.63, 3.8) is 0 Å². The monoisotopic (exact) mass is 205 g/mol. The summed E-state index contributed by atoms with van der Waals surface area (Å²) in [6.45, 7) is 1.12. The van der Waals surface area contributed by atoms with Crippen molar-refractivity contribution in [1.82, 2.24) is 9.78 Å². The first kappa shape index (κ1) is 9.40. The van der Waals surface area contributed by atoms with E-state index < -0.39 is 0 Å². The van der Waals surface area contributed by atoms with Gasteiger partial charge < -0.3 is 5.73 Å². The second-order valence-corrected chi connectivity index (χ2v) is 5.31. The zero-order chi connectivity index (χ0) is 10.3. The molecule has 0 atom stereocenters. The molecule has 0 spiro atoms. The van der Waals surface area contributed by atoms with Gasteiger partial charge in [-0.05, 0) is 50.5 Å². The normalized spacial score (nSPS) is 23.0. The van der Waals surface area contributed by atoms with Gasteiger partial charge in [-0.25, -0.2) is 0 Å². The van der Waals surface area contributed by atoms with Crippen LogP contribution in [0.4, 0.5) is 0 Å². The van der Waals surface area contributed by atoms with Crippen LogP contribution in [-0.2, 0) is 13.0 Å². The van der Waals surface area contributed by atoms with Crippen molar-refractivity contribution < 1.29 is 0 Å². The molecule has 2 aliphatic carbocycles. The summed E-state index contributed by atoms with van der Waals surface area (Å²) in [6, 6.07) is 2.15. The number of hydrogen-bond donors (Lipinski definition) is 1. The fourth-order valence-electron chi connectivity index (χ4n) is 2.07. The second-order valence-electron chi connectivity index (χ2n) is 5.31. The third kappa shape index (κ3) is 2.23. The Kier molecular flexibility index (Phi) is 2.09. The summed E-state index contributed by atoms with van der Waals surface area (Å²) < 4.78 is 2.18. The third-order valence-electron chi connectivity index (χ3n) is 3.70. The lowest BCUT2D eigenvalue weighted by Crippen LogP contribution is -2.22. The molecule has 0 unspecified atom stereocenters. The Morgan fingerprint density at radius 1 is 1.47 bits per heavy atom. The fourth-order valence-corrected chi connectivity index (χ4v) is 2.07. The van der Waals surface area contributed by atoms with Crippen molar-refractivity contribution in [1.29, 1.82) is 0 Å². The molecule has 1 aromatic rings. The van der Waals surface area contributed by atoms with Gasteiger partial charge in [-0.3, -0.25) is 4.68 Å². The summed E-state index contributed by atoms with van der Waals surface area (Å²) in [5.74, 6) is 0.899. The number of nitrogens with zero attached hydrogens (tertiary/aromatic N) is 2. The van der Waals surface area contributed by atoms with Crippen LogP contribution in [0.25, 0.3) is 0 Å². The average Bonchev–Trinajstić information content (AvgIpc) is 3.09. The molecule has 3 rings (SSSR count). The van der Waals surface area contributed by atoms with E-state index in [1.54, 1.807) is 0 Å². The number of hydrogen-bond acceptors (Lipinski definition) is 2. The van der Waals surface area contributed by atoms with E-state index in [2.05, 4.69) is 15.8 Å². The van der Waals surface area contributed by atoms with E-state index in [0.717, 1.165) is 25.3 Å². The lowest BCUT2D eigenvalue weighted by atomic mass is 10.1. The second kappa shape index (κ2) is 3.34. The Morgan fingerprint density at radius 2 is 2.27 bits per heavy atom. The van der Waals surface area contributed by atoms with Gasteiger partial charge in [0, 0.05) is 24.0 Å². The molecule has 0 radical (unpaired) electrons. The third-order valence-corrected chi connectivity index (χ3v) is 3.70. The Labute approximate surface area is 90.7 Å². The topological polar surface area (TPSA) is 43.8 Å². The van der Waals surface area contributed by atoms with Crippen molar-refractivity contribution in [2.75, 3.05) is 0 Å². The summed E-state index contributed by atoms with van der Waals surface area (Å²) in [7, 11) is 0. The molecule has 0 amide bonds. The summed E-state index contributed by atoms with van der Waals surface area (Å²) in [6.07, 6.45) is 9.36. The molecule has 1 heterocycles. The summed E-state index contributed by atoms with van der Waals surface area (Å²) in [5, 5.41) is 4.39. The molecule has 0 bridgehead atoms. The van der Waals surface area contributed by atoms with Gasteiger partial charge in [0.15, 0.2) is 0 Å². The minimum Gasteiger partial charge on any atom is -0.325 e. The summed E-state index contributed by atoms with van der Waals surface area (Å²) >= 11 is 0. The van der Waals surface area contributed by atoms with E-state index in [1.165, 1.54) is 31.4 Å². The van der Waals surface area contributed by atoms with Crippen molar-refractivity contribution >= 4 is 0 Å². The Bertz CT molecular complexity index is 348. The van der Waals surface area contributed by atoms with Gasteiger partial charge in [0.2, 0.25) is 0 Å². The molecule has 3 heteroatoms. The molecular weight excluding hydrogens is 186 g/mol. The maximum absolute atomic E-state index is 6.10. The highest BCUT2D eigenvalue weighted by Crippen LogP contribution is 2.36. The van der Waals surface area contributed by atoms with Gasteiger partial charge in [-0.2, -0.15) is 5.10 Å². The smallest absolute Gasteiger partial charge is 0.0492 e. The average molecular weight is 205 g/mol. The number of nitrogens with two attached hydrogens (primary N) is 1. The molecule has 15 heavy (non-hydrogen) atoms. The molecule has 1 aromatic heterocycles. The minimum atomic E-state index is 0.175. The molecule has 0 aromatic carbocycles. The SMILES string of the molecule is NC1(CCc2ccnn2CC2CC2)CC1. The van der Waals surface area contributed by atoms with Crippen LogP contribution >= 0.6 is 0 Å². The molecule has 2 saturated carbocycles. The highest BCUT2D eigenvalue weighted by atomic mass is 15.3. The zero-order valence-electron chi connectivity index (χ0n) is 9.15. The minimum absolute atomic E-state index is 0.175. The van der Waals surface area contributed by atoms with Gasteiger partial charge in [0.25, 0.3) is 0 Å². The maximum atomic E-state index is 6.10. The van der Waals surface area contributed by atoms with Crippen LogP contribution in [-0.4, -0.2) is 15.3 Å². The standard InChI is InChI=1S/C12H19N3/c13-12(6-7-12)5-3-11-4-8-14-15(11)9-10-1-2-10/h4,8,10H,1-3,5-7,9,13H2. The van der Waals surface area contributed by atoms with E-state index in [0.29, 0.717) is 0 Å². The number of aromatic nitrogens is 2. The Morgan fingerprint density at radius 3 is 2.93 bits per heavy atom. The molecule has 0 saturated heterocycles. The van der Waals surface area contributed by atoms with Gasteiger partial charge in [-0.1, -0.05) is 0 Å². The van der Waals surface area contributed by atoms with Crippen molar-refractivity contribution in [2.24, 2.45) is 11.7 Å². The number of rotatable bonds is 5. The highest BCUT2D eigenvalue weighted by Gasteiger charge is 2.37. The van der Waals surface area contributed by atoms with Gasteiger partial charge in [0.05, 0.1) is 0 Å². The molecule has 2 fully saturated rings. The van der Waals surface area contributed by atoms with Crippen molar-refractivity contribution in [2.45, 2.75) is 50.6 Å². The van der Waals surface area contributed by atoms with E-state index in [9.17, 15) is 0 Å². The van der Waals surface area contributed by atoms with E-state index in [4.69, 9.17) is 5.73 Å². The highest BCUT2D eigenvalue weighted by molar-refractivity contribution is 5.06. The molecule has 2 aliphatic rings. The molecular formula is C12H19N3. The molecule has 0 aliphatic heterocycles. The van der Waals surface area contributed by atoms with Gasteiger partial charge >= 0.3 is 0 Å². The lowest BCUT2D eigenvalue weighted by molar-refractivity contribution is 0.518. The quantitative estimate of drug-likeness (QED) is 0.795. The molecule has 82 valence electrons. The first-order chi connectivity index (χ1) is 7.25. The van der Waals surface area contributed by atoms with Crippen LogP contribution in [0.2, 0.25) is 0 Å². The Balaban J connectivity index is 1.60. The van der Waals surface area contributed by atoms with Crippen molar-refractivity contribution in [3.8, 4) is 0 Å². The lowest BCUT2D eigenvalue weighted by Gasteiger charge is -2.10. The molecule has 3 nitrogen and oxygen atoms in total. The Hall–Kier alpha value is -0.830. The van der Waals surface area contributed by atoms with E-state index in [1.807, 2.05) is 6.20 Å². The van der Waals surface area contributed by atoms with Crippen LogP contribution in [0.1, 0.15) is 37.8 Å². The summed E-state index contributed by atoms with van der Waals surface area (Å²) in [4.78, 5) is 0. The van der Waals surface area contributed by atoms with Gasteiger partial charge in [0.1, 0.15) is 0 Å². The fraction of sp³-hybridized carbons (Fsp3) is 0.750. The maximum Gasteiger partial charge on any atom is 0.0492 e. The van der Waals surface area contributed by atoms with Crippen LogP contribution in [0.15, 0.2) is 12.3 Å². The number of aryl methyl sites for hydroxylation is 1. The first-order valence-electron chi connectivity index (χ1n) is 6.05. The van der Waals surface area contributed by atoms with E-state index in [-0.39, 0.29) is 5.54 Å². The largest absolute Gasteiger partial charge is 0.325 e.